The Morgan fingerprint density at radius 1 is 1.43 bits per heavy atom. The standard InChI is InChI=1S/C3H7N3.BrH/c1-2-4-6-5-3-1;/h1-2,4-6H,3H2;1H. The van der Waals surface area contributed by atoms with Crippen molar-refractivity contribution in [3.8, 4) is 0 Å². The molecule has 0 amide bonds. The third-order valence-electron chi connectivity index (χ3n) is 0.582. The van der Waals surface area contributed by atoms with Crippen LogP contribution in [0.3, 0.4) is 0 Å². The molecule has 0 aromatic rings. The Bertz CT molecular complexity index is 55.2. The average molecular weight is 166 g/mol. The van der Waals surface area contributed by atoms with E-state index in [4.69, 9.17) is 0 Å². The Morgan fingerprint density at radius 3 is 2.43 bits per heavy atom. The highest BCUT2D eigenvalue weighted by molar-refractivity contribution is 8.93. The second-order valence-corrected chi connectivity index (χ2v) is 1.05. The molecule has 0 saturated carbocycles. The average Bonchev–Trinajstić information content (AvgIpc) is 1.72. The second-order valence-electron chi connectivity index (χ2n) is 1.05. The minimum atomic E-state index is 0. The van der Waals surface area contributed by atoms with Crippen molar-refractivity contribution >= 4 is 17.0 Å². The molecule has 1 aliphatic heterocycles. The molecule has 0 spiro atoms. The molecular formula is C3H8BrN3. The summed E-state index contributed by atoms with van der Waals surface area (Å²) >= 11 is 0. The summed E-state index contributed by atoms with van der Waals surface area (Å²) in [4.78, 5) is 0. The van der Waals surface area contributed by atoms with Crippen LogP contribution in [0.1, 0.15) is 0 Å². The number of hydrogen-bond donors (Lipinski definition) is 3. The lowest BCUT2D eigenvalue weighted by Gasteiger charge is -2.07. The van der Waals surface area contributed by atoms with Gasteiger partial charge in [-0.2, -0.15) is 5.53 Å². The summed E-state index contributed by atoms with van der Waals surface area (Å²) in [5.74, 6) is 0. The van der Waals surface area contributed by atoms with Gasteiger partial charge >= 0.3 is 0 Å². The number of nitrogens with one attached hydrogen (secondary N) is 3. The van der Waals surface area contributed by atoms with Crippen molar-refractivity contribution in [1.29, 1.82) is 0 Å². The highest BCUT2D eigenvalue weighted by atomic mass is 79.9. The van der Waals surface area contributed by atoms with E-state index < -0.39 is 0 Å². The Morgan fingerprint density at radius 2 is 2.29 bits per heavy atom. The van der Waals surface area contributed by atoms with E-state index >= 15 is 0 Å². The minimum absolute atomic E-state index is 0. The van der Waals surface area contributed by atoms with Crippen molar-refractivity contribution in [3.05, 3.63) is 12.3 Å². The Labute approximate surface area is 52.9 Å². The summed E-state index contributed by atoms with van der Waals surface area (Å²) < 4.78 is 0. The maximum atomic E-state index is 2.84. The molecule has 1 aliphatic rings. The summed E-state index contributed by atoms with van der Waals surface area (Å²) in [6.45, 7) is 0.896. The Balaban J connectivity index is 0.000000360. The third-order valence-corrected chi connectivity index (χ3v) is 0.582. The van der Waals surface area contributed by atoms with Crippen LogP contribution in [0.15, 0.2) is 12.3 Å². The van der Waals surface area contributed by atoms with Crippen LogP contribution in [0.2, 0.25) is 0 Å². The van der Waals surface area contributed by atoms with Gasteiger partial charge in [0.05, 0.1) is 0 Å². The van der Waals surface area contributed by atoms with Crippen molar-refractivity contribution in [1.82, 2.24) is 16.4 Å². The zero-order chi connectivity index (χ0) is 4.24. The monoisotopic (exact) mass is 165 g/mol. The van der Waals surface area contributed by atoms with Crippen LogP contribution >= 0.6 is 17.0 Å². The highest BCUT2D eigenvalue weighted by Crippen LogP contribution is 1.64. The summed E-state index contributed by atoms with van der Waals surface area (Å²) in [6, 6.07) is 0. The fourth-order valence-electron chi connectivity index (χ4n) is 0.321. The third kappa shape index (κ3) is 2.61. The first-order chi connectivity index (χ1) is 3.00. The summed E-state index contributed by atoms with van der Waals surface area (Å²) in [5.41, 5.74) is 8.28. The molecule has 1 heterocycles. The van der Waals surface area contributed by atoms with Crippen LogP contribution < -0.4 is 16.4 Å². The van der Waals surface area contributed by atoms with E-state index in [1.54, 1.807) is 0 Å². The molecule has 0 radical (unpaired) electrons. The van der Waals surface area contributed by atoms with Gasteiger partial charge in [-0.05, 0) is 0 Å². The van der Waals surface area contributed by atoms with Crippen molar-refractivity contribution < 1.29 is 0 Å². The molecule has 3 nitrogen and oxygen atoms in total. The summed E-state index contributed by atoms with van der Waals surface area (Å²) in [5, 5.41) is 0. The molecule has 42 valence electrons. The molecule has 0 aromatic heterocycles. The second kappa shape index (κ2) is 4.11. The molecule has 1 rings (SSSR count). The molecule has 0 saturated heterocycles. The molecule has 0 bridgehead atoms. The Kier molecular flexibility index (Phi) is 4.07. The van der Waals surface area contributed by atoms with E-state index in [9.17, 15) is 0 Å². The molecule has 0 aliphatic carbocycles. The summed E-state index contributed by atoms with van der Waals surface area (Å²) in [6.07, 6.45) is 3.83. The number of halogens is 1. The van der Waals surface area contributed by atoms with Gasteiger partial charge in [-0.15, -0.1) is 17.0 Å². The van der Waals surface area contributed by atoms with Crippen LogP contribution in [0, 0.1) is 0 Å². The maximum Gasteiger partial charge on any atom is 0.0315 e. The molecule has 0 fully saturated rings. The molecule has 0 unspecified atom stereocenters. The first-order valence-electron chi connectivity index (χ1n) is 1.88. The lowest BCUT2D eigenvalue weighted by Crippen LogP contribution is -2.43. The predicted molar refractivity (Wildman–Crippen MR) is 33.7 cm³/mol. The SMILES string of the molecule is Br.C1=CNNNC1. The topological polar surface area (TPSA) is 36.1 Å². The van der Waals surface area contributed by atoms with E-state index in [0.717, 1.165) is 6.54 Å². The zero-order valence-corrected chi connectivity index (χ0v) is 5.48. The van der Waals surface area contributed by atoms with Crippen LogP contribution in [-0.4, -0.2) is 6.54 Å². The normalized spacial score (nSPS) is 17.1. The largest absolute Gasteiger partial charge is 0.316 e. The van der Waals surface area contributed by atoms with Crippen LogP contribution in [0.5, 0.6) is 0 Å². The van der Waals surface area contributed by atoms with Gasteiger partial charge in [0.25, 0.3) is 0 Å². The summed E-state index contributed by atoms with van der Waals surface area (Å²) in [7, 11) is 0. The van der Waals surface area contributed by atoms with Crippen LogP contribution in [-0.2, 0) is 0 Å². The zero-order valence-electron chi connectivity index (χ0n) is 3.77. The maximum absolute atomic E-state index is 2.84. The highest BCUT2D eigenvalue weighted by Gasteiger charge is 1.79. The van der Waals surface area contributed by atoms with Gasteiger partial charge in [-0.25, -0.2) is 5.43 Å². The molecule has 3 N–H and O–H groups in total. The smallest absolute Gasteiger partial charge is 0.0315 e. The van der Waals surface area contributed by atoms with E-state index in [1.807, 2.05) is 12.3 Å². The fourth-order valence-corrected chi connectivity index (χ4v) is 0.321. The Hall–Kier alpha value is -0.0600. The van der Waals surface area contributed by atoms with Crippen LogP contribution in [0.4, 0.5) is 0 Å². The van der Waals surface area contributed by atoms with Gasteiger partial charge in [-0.1, -0.05) is 6.08 Å². The van der Waals surface area contributed by atoms with Gasteiger partial charge in [0.15, 0.2) is 0 Å². The fraction of sp³-hybridized carbons (Fsp3) is 0.333. The minimum Gasteiger partial charge on any atom is -0.316 e. The lowest BCUT2D eigenvalue weighted by molar-refractivity contribution is 0.495. The number of hydrogen-bond acceptors (Lipinski definition) is 3. The van der Waals surface area contributed by atoms with E-state index in [-0.39, 0.29) is 17.0 Å². The van der Waals surface area contributed by atoms with Gasteiger partial charge < -0.3 is 5.43 Å². The van der Waals surface area contributed by atoms with Crippen molar-refractivity contribution in [2.45, 2.75) is 0 Å². The van der Waals surface area contributed by atoms with Gasteiger partial charge in [0.2, 0.25) is 0 Å². The van der Waals surface area contributed by atoms with Crippen molar-refractivity contribution in [2.75, 3.05) is 6.54 Å². The van der Waals surface area contributed by atoms with Gasteiger partial charge in [-0.3, -0.25) is 0 Å². The molecular weight excluding hydrogens is 158 g/mol. The first-order valence-corrected chi connectivity index (χ1v) is 1.88. The van der Waals surface area contributed by atoms with Crippen LogP contribution in [0.25, 0.3) is 0 Å². The van der Waals surface area contributed by atoms with Crippen molar-refractivity contribution in [3.63, 3.8) is 0 Å². The molecule has 7 heavy (non-hydrogen) atoms. The number of hydrazine groups is 2. The molecule has 0 atom stereocenters. The van der Waals surface area contributed by atoms with E-state index in [1.165, 1.54) is 0 Å². The van der Waals surface area contributed by atoms with Gasteiger partial charge in [0, 0.05) is 12.7 Å². The van der Waals surface area contributed by atoms with Gasteiger partial charge in [0.1, 0.15) is 0 Å². The van der Waals surface area contributed by atoms with Crippen molar-refractivity contribution in [2.24, 2.45) is 0 Å². The van der Waals surface area contributed by atoms with E-state index in [0.29, 0.717) is 0 Å². The lowest BCUT2D eigenvalue weighted by atomic mass is 10.6. The molecule has 4 heteroatoms. The quantitative estimate of drug-likeness (QED) is 0.462. The predicted octanol–water partition coefficient (Wildman–Crippen LogP) is -0.310. The number of rotatable bonds is 0. The molecule has 0 aromatic carbocycles. The van der Waals surface area contributed by atoms with E-state index in [2.05, 4.69) is 16.4 Å². The first kappa shape index (κ1) is 6.94.